The molecule has 12 aromatic carbocycles. The maximum Gasteiger partial charge on any atom is 0.184 e. The number of furan rings is 1. The third-order valence-electron chi connectivity index (χ3n) is 16.9. The molecule has 2 aliphatic rings. The third-order valence-corrected chi connectivity index (χ3v) is 26.6. The molecule has 6 heteroatoms. The molecule has 16 rings (SSSR count). The lowest BCUT2D eigenvalue weighted by molar-refractivity contribution is 0.669. The molecule has 4 nitrogen and oxygen atoms in total. The number of aromatic nitrogens is 1. The Kier molecular flexibility index (Phi) is 9.95. The molecule has 0 fully saturated rings. The van der Waals surface area contributed by atoms with Gasteiger partial charge in [-0.1, -0.05) is 212 Å². The Morgan fingerprint density at radius 1 is 0.244 bits per heavy atom. The van der Waals surface area contributed by atoms with E-state index in [0.717, 1.165) is 50.0 Å². The van der Waals surface area contributed by atoms with Gasteiger partial charge in [-0.05, 0) is 126 Å². The molecule has 2 aliphatic heterocycles. The normalized spacial score (nSPS) is 14.1. The van der Waals surface area contributed by atoms with Crippen molar-refractivity contribution in [3.63, 3.8) is 0 Å². The highest BCUT2D eigenvalue weighted by molar-refractivity contribution is 7.22. The number of anilines is 6. The van der Waals surface area contributed by atoms with E-state index < -0.39 is 16.1 Å². The second-order valence-corrected chi connectivity index (χ2v) is 28.2. The smallest absolute Gasteiger partial charge is 0.184 e. The summed E-state index contributed by atoms with van der Waals surface area (Å²) in [7, 11) is -5.64. The average molecular weight is 1030 g/mol. The van der Waals surface area contributed by atoms with Crippen LogP contribution in [0.4, 0.5) is 34.1 Å². The lowest BCUT2D eigenvalue weighted by Crippen LogP contribution is -2.77. The molecule has 0 saturated carbocycles. The van der Waals surface area contributed by atoms with Crippen LogP contribution >= 0.6 is 0 Å². The molecular weight excluding hydrogens is 979 g/mol. The second kappa shape index (κ2) is 17.4. The minimum atomic E-state index is -2.82. The van der Waals surface area contributed by atoms with Gasteiger partial charge in [0.1, 0.15) is 11.2 Å². The molecule has 0 spiro atoms. The van der Waals surface area contributed by atoms with Crippen molar-refractivity contribution in [3.05, 3.63) is 297 Å². The predicted molar refractivity (Wildman–Crippen MR) is 332 cm³/mol. The monoisotopic (exact) mass is 1030 g/mol. The van der Waals surface area contributed by atoms with Gasteiger partial charge in [0.25, 0.3) is 0 Å². The van der Waals surface area contributed by atoms with Crippen LogP contribution in [-0.2, 0) is 0 Å². The molecule has 0 bridgehead atoms. The van der Waals surface area contributed by atoms with E-state index in [9.17, 15) is 0 Å². The quantitative estimate of drug-likeness (QED) is 0.149. The SMILES string of the molecule is c1ccc([Si]2(c3ccccc3)c3ccccc3N(c3ccc4c(c3)c3cc(N5c6ccccc6[Si](c6ccccc6)(c6ccccc6)c6ccccc65)ccc3n4-c3ccc4oc5ccccc5c4c3)c3ccccc32)cc1. The summed E-state index contributed by atoms with van der Waals surface area (Å²) in [6.45, 7) is 0. The first-order chi connectivity index (χ1) is 38.7. The van der Waals surface area contributed by atoms with Gasteiger partial charge < -0.3 is 18.8 Å². The van der Waals surface area contributed by atoms with Crippen molar-refractivity contribution >= 4 is 136 Å². The minimum Gasteiger partial charge on any atom is -0.456 e. The van der Waals surface area contributed by atoms with Crippen LogP contribution < -0.4 is 51.3 Å². The number of hydrogen-bond donors (Lipinski definition) is 0. The van der Waals surface area contributed by atoms with E-state index in [2.05, 4.69) is 306 Å². The van der Waals surface area contributed by atoms with E-state index >= 15 is 0 Å². The molecule has 14 aromatic rings. The number of nitrogens with zero attached hydrogens (tertiary/aromatic N) is 3. The molecule has 4 heterocycles. The van der Waals surface area contributed by atoms with E-state index in [1.54, 1.807) is 0 Å². The average Bonchev–Trinajstić information content (AvgIpc) is 4.20. The zero-order valence-corrected chi connectivity index (χ0v) is 44.5. The molecule has 0 radical (unpaired) electrons. The highest BCUT2D eigenvalue weighted by Gasteiger charge is 2.50. The molecule has 0 unspecified atom stereocenters. The number of rotatable bonds is 7. The maximum absolute atomic E-state index is 6.41. The van der Waals surface area contributed by atoms with Crippen molar-refractivity contribution in [3.8, 4) is 5.69 Å². The van der Waals surface area contributed by atoms with Crippen LogP contribution in [-0.4, -0.2) is 20.7 Å². The highest BCUT2D eigenvalue weighted by atomic mass is 28.3. The minimum absolute atomic E-state index is 0.881. The van der Waals surface area contributed by atoms with Crippen molar-refractivity contribution in [2.24, 2.45) is 0 Å². The van der Waals surface area contributed by atoms with Crippen molar-refractivity contribution in [2.75, 3.05) is 9.80 Å². The second-order valence-electron chi connectivity index (χ2n) is 20.7. The molecule has 0 N–H and O–H groups in total. The van der Waals surface area contributed by atoms with Gasteiger partial charge in [0.15, 0.2) is 16.1 Å². The van der Waals surface area contributed by atoms with Crippen LogP contribution in [0.15, 0.2) is 302 Å². The topological polar surface area (TPSA) is 24.6 Å². The molecule has 2 aromatic heterocycles. The Morgan fingerprint density at radius 2 is 0.564 bits per heavy atom. The predicted octanol–water partition coefficient (Wildman–Crippen LogP) is 13.0. The largest absolute Gasteiger partial charge is 0.456 e. The standard InChI is InChI=1S/C72H49N3OSi2/c1-5-23-53(24-6-1)77(54-25-7-2-8-26-54)69-37-19-14-32-63(69)74(64-33-15-20-38-70(64)77)50-41-44-61-58(47-50)59-48-51(42-45-62(59)73(61)52-43-46-68-60(49-52)57-31-13-18-36-67(57)76-68)75-65-34-16-21-39-71(65)78(55-27-9-3-10-28-55,56-29-11-4-12-30-56)72-40-22-17-35-66(72)75/h1-49H. The number of para-hydroxylation sites is 5. The summed E-state index contributed by atoms with van der Waals surface area (Å²) in [6, 6.07) is 111. The lowest BCUT2D eigenvalue weighted by atomic mass is 10.1. The first-order valence-electron chi connectivity index (χ1n) is 26.9. The Bertz CT molecular complexity index is 4230. The van der Waals surface area contributed by atoms with Crippen molar-refractivity contribution in [1.29, 1.82) is 0 Å². The molecule has 366 valence electrons. The van der Waals surface area contributed by atoms with E-state index in [1.807, 2.05) is 6.07 Å². The summed E-state index contributed by atoms with van der Waals surface area (Å²) < 4.78 is 8.87. The van der Waals surface area contributed by atoms with Crippen molar-refractivity contribution in [2.45, 2.75) is 0 Å². The van der Waals surface area contributed by atoms with Crippen LogP contribution in [0.1, 0.15) is 0 Å². The van der Waals surface area contributed by atoms with Crippen molar-refractivity contribution < 1.29 is 4.42 Å². The van der Waals surface area contributed by atoms with Gasteiger partial charge >= 0.3 is 0 Å². The Labute approximate surface area is 454 Å². The molecule has 0 aliphatic carbocycles. The van der Waals surface area contributed by atoms with Gasteiger partial charge in [-0.15, -0.1) is 0 Å². The molecule has 0 amide bonds. The zero-order valence-electron chi connectivity index (χ0n) is 42.5. The van der Waals surface area contributed by atoms with Gasteiger partial charge in [0.05, 0.1) is 11.0 Å². The Hall–Kier alpha value is -9.73. The van der Waals surface area contributed by atoms with Gasteiger partial charge in [-0.2, -0.15) is 0 Å². The summed E-state index contributed by atoms with van der Waals surface area (Å²) in [5.41, 5.74) is 12.2. The van der Waals surface area contributed by atoms with Gasteiger partial charge in [-0.25, -0.2) is 0 Å². The maximum atomic E-state index is 6.41. The fraction of sp³-hybridized carbons (Fsp3) is 0. The number of fused-ring (bicyclic) bond motifs is 10. The summed E-state index contributed by atoms with van der Waals surface area (Å²) in [4.78, 5) is 5.07. The first-order valence-corrected chi connectivity index (χ1v) is 30.9. The number of hydrogen-bond acceptors (Lipinski definition) is 3. The van der Waals surface area contributed by atoms with Gasteiger partial charge in [0, 0.05) is 61.4 Å². The number of benzene rings is 12. The van der Waals surface area contributed by atoms with Crippen molar-refractivity contribution in [1.82, 2.24) is 4.57 Å². The highest BCUT2D eigenvalue weighted by Crippen LogP contribution is 2.45. The molecule has 78 heavy (non-hydrogen) atoms. The summed E-state index contributed by atoms with van der Waals surface area (Å²) in [5.74, 6) is 0. The molecule has 0 atom stereocenters. The Balaban J connectivity index is 0.954. The lowest BCUT2D eigenvalue weighted by Gasteiger charge is -2.45. The molecule has 0 saturated heterocycles. The first kappa shape index (κ1) is 44.6. The fourth-order valence-electron chi connectivity index (χ4n) is 13.8. The molecular formula is C72H49N3OSi2. The van der Waals surface area contributed by atoms with E-state index in [0.29, 0.717) is 0 Å². The van der Waals surface area contributed by atoms with Crippen LogP contribution in [0.2, 0.25) is 0 Å². The van der Waals surface area contributed by atoms with E-state index in [4.69, 9.17) is 4.42 Å². The zero-order chi connectivity index (χ0) is 51.4. The van der Waals surface area contributed by atoms with Crippen LogP contribution in [0.3, 0.4) is 0 Å². The van der Waals surface area contributed by atoms with Gasteiger partial charge in [-0.3, -0.25) is 0 Å². The Morgan fingerprint density at radius 3 is 0.974 bits per heavy atom. The summed E-state index contributed by atoms with van der Waals surface area (Å²) in [5, 5.41) is 15.5. The fourth-order valence-corrected chi connectivity index (χ4v) is 24.0. The summed E-state index contributed by atoms with van der Waals surface area (Å²) in [6.07, 6.45) is 0. The summed E-state index contributed by atoms with van der Waals surface area (Å²) >= 11 is 0. The van der Waals surface area contributed by atoms with Crippen LogP contribution in [0, 0.1) is 0 Å². The van der Waals surface area contributed by atoms with Crippen LogP contribution in [0.5, 0.6) is 0 Å². The third kappa shape index (κ3) is 6.27. The van der Waals surface area contributed by atoms with Crippen LogP contribution in [0.25, 0.3) is 49.4 Å². The van der Waals surface area contributed by atoms with E-state index in [-0.39, 0.29) is 0 Å². The van der Waals surface area contributed by atoms with Gasteiger partial charge in [0.2, 0.25) is 0 Å². The van der Waals surface area contributed by atoms with E-state index in [1.165, 1.54) is 75.0 Å².